The summed E-state index contributed by atoms with van der Waals surface area (Å²) in [6, 6.07) is 6.62. The minimum absolute atomic E-state index is 0. The molecule has 1 rings (SSSR count). The summed E-state index contributed by atoms with van der Waals surface area (Å²) in [6.07, 6.45) is 1.18. The van der Waals surface area contributed by atoms with E-state index in [1.165, 1.54) is 12.3 Å². The zero-order chi connectivity index (χ0) is 7.40. The van der Waals surface area contributed by atoms with E-state index in [-0.39, 0.29) is 35.3 Å². The molecule has 1 aromatic carbocycles. The van der Waals surface area contributed by atoms with Crippen molar-refractivity contribution in [3.05, 3.63) is 29.8 Å². The van der Waals surface area contributed by atoms with Crippen LogP contribution in [0.4, 0.5) is 0 Å². The van der Waals surface area contributed by atoms with Gasteiger partial charge in [-0.1, -0.05) is 17.3 Å². The van der Waals surface area contributed by atoms with E-state index in [4.69, 9.17) is 10.3 Å². The van der Waals surface area contributed by atoms with E-state index in [9.17, 15) is 0 Å². The third-order valence-electron chi connectivity index (χ3n) is 1.13. The summed E-state index contributed by atoms with van der Waals surface area (Å²) in [7, 11) is 0. The van der Waals surface area contributed by atoms with Crippen LogP contribution in [0.25, 0.3) is 0 Å². The number of phenolic OH excluding ortho intramolecular Hbond substituents is 1. The van der Waals surface area contributed by atoms with Crippen molar-refractivity contribution < 1.29 is 10.3 Å². The van der Waals surface area contributed by atoms with Gasteiger partial charge in [0.25, 0.3) is 0 Å². The monoisotopic (exact) mass is 160 g/mol. The summed E-state index contributed by atoms with van der Waals surface area (Å²) in [5.41, 5.74) is 0.505. The maximum absolute atomic E-state index is 9.04. The fourth-order valence-electron chi connectivity index (χ4n) is 0.659. The fourth-order valence-corrected chi connectivity index (χ4v) is 0.659. The molecular weight excluding hydrogens is 153 g/mol. The van der Waals surface area contributed by atoms with Crippen molar-refractivity contribution in [2.45, 2.75) is 0 Å². The van der Waals surface area contributed by atoms with E-state index in [1.54, 1.807) is 18.2 Å². The average molecular weight is 160 g/mol. The van der Waals surface area contributed by atoms with E-state index in [2.05, 4.69) is 5.16 Å². The number of aromatic hydroxyl groups is 1. The van der Waals surface area contributed by atoms with Crippen LogP contribution in [0, 0.1) is 0 Å². The predicted molar refractivity (Wildman–Crippen MR) is 43.2 cm³/mol. The Labute approximate surface area is 86.6 Å². The minimum Gasteiger partial charge on any atom is -0.507 e. The number of rotatable bonds is 1. The van der Waals surface area contributed by atoms with Gasteiger partial charge in [0.15, 0.2) is 0 Å². The molecule has 0 heterocycles. The number of para-hydroxylation sites is 1. The summed E-state index contributed by atoms with van der Waals surface area (Å²) in [4.78, 5) is 0. The smallest absolute Gasteiger partial charge is 0.124 e. The van der Waals surface area contributed by atoms with E-state index in [1.807, 2.05) is 0 Å². The molecule has 0 aliphatic heterocycles. The van der Waals surface area contributed by atoms with Gasteiger partial charge in [-0.05, 0) is 12.1 Å². The first-order chi connectivity index (χ1) is 4.84. The molecule has 0 atom stereocenters. The van der Waals surface area contributed by atoms with Gasteiger partial charge in [0, 0.05) is 35.1 Å². The van der Waals surface area contributed by atoms with Gasteiger partial charge in [-0.2, -0.15) is 0 Å². The molecular formula is C7H7NNaO2. The van der Waals surface area contributed by atoms with Crippen LogP contribution in [0.2, 0.25) is 0 Å². The Hall–Kier alpha value is -0.510. The van der Waals surface area contributed by atoms with Crippen molar-refractivity contribution in [3.63, 3.8) is 0 Å². The molecule has 0 amide bonds. The molecule has 53 valence electrons. The van der Waals surface area contributed by atoms with Crippen molar-refractivity contribution >= 4 is 35.8 Å². The number of hydrogen-bond acceptors (Lipinski definition) is 3. The second kappa shape index (κ2) is 5.18. The van der Waals surface area contributed by atoms with Gasteiger partial charge in [0.05, 0.1) is 6.21 Å². The normalized spacial score (nSPS) is 9.45. The van der Waals surface area contributed by atoms with Gasteiger partial charge in [0.1, 0.15) is 5.75 Å². The Balaban J connectivity index is 0.000001000. The van der Waals surface area contributed by atoms with E-state index >= 15 is 0 Å². The zero-order valence-electron chi connectivity index (χ0n) is 6.23. The van der Waals surface area contributed by atoms with Crippen LogP contribution in [0.3, 0.4) is 0 Å². The van der Waals surface area contributed by atoms with E-state index in [0.717, 1.165) is 0 Å². The average Bonchev–Trinajstić information content (AvgIpc) is 1.94. The second-order valence-corrected chi connectivity index (χ2v) is 1.80. The largest absolute Gasteiger partial charge is 0.507 e. The van der Waals surface area contributed by atoms with Crippen molar-refractivity contribution in [1.29, 1.82) is 0 Å². The Morgan fingerprint density at radius 1 is 1.27 bits per heavy atom. The van der Waals surface area contributed by atoms with Crippen molar-refractivity contribution in [2.24, 2.45) is 5.16 Å². The molecule has 4 heteroatoms. The maximum Gasteiger partial charge on any atom is 0.124 e. The van der Waals surface area contributed by atoms with Crippen molar-refractivity contribution in [1.82, 2.24) is 0 Å². The molecule has 0 bridgehead atoms. The maximum atomic E-state index is 9.04. The van der Waals surface area contributed by atoms with Gasteiger partial charge in [-0.3, -0.25) is 0 Å². The second-order valence-electron chi connectivity index (χ2n) is 1.80. The van der Waals surface area contributed by atoms with E-state index < -0.39 is 0 Å². The molecule has 3 nitrogen and oxygen atoms in total. The SMILES string of the molecule is ON=Cc1ccccc1O.[Na]. The molecule has 0 aliphatic carbocycles. The van der Waals surface area contributed by atoms with Crippen LogP contribution >= 0.6 is 0 Å². The predicted octanol–water partition coefficient (Wildman–Crippen LogP) is 0.819. The molecule has 0 saturated heterocycles. The summed E-state index contributed by atoms with van der Waals surface area (Å²) in [5.74, 6) is 0.111. The minimum atomic E-state index is 0. The summed E-state index contributed by atoms with van der Waals surface area (Å²) < 4.78 is 0. The molecule has 1 aromatic rings. The number of phenols is 1. The molecule has 0 fully saturated rings. The van der Waals surface area contributed by atoms with Gasteiger partial charge < -0.3 is 10.3 Å². The molecule has 0 aliphatic rings. The van der Waals surface area contributed by atoms with Crippen molar-refractivity contribution in [3.8, 4) is 5.75 Å². The van der Waals surface area contributed by atoms with Gasteiger partial charge in [-0.15, -0.1) is 0 Å². The quantitative estimate of drug-likeness (QED) is 0.276. The molecule has 0 saturated carbocycles. The molecule has 0 aromatic heterocycles. The summed E-state index contributed by atoms with van der Waals surface area (Å²) in [6.45, 7) is 0. The number of nitrogens with zero attached hydrogens (tertiary/aromatic N) is 1. The van der Waals surface area contributed by atoms with Crippen LogP contribution in [0.1, 0.15) is 5.56 Å². The number of hydrogen-bond donors (Lipinski definition) is 2. The summed E-state index contributed by atoms with van der Waals surface area (Å²) >= 11 is 0. The first-order valence-corrected chi connectivity index (χ1v) is 2.80. The van der Waals surface area contributed by atoms with Gasteiger partial charge in [0.2, 0.25) is 0 Å². The Kier molecular flexibility index (Phi) is 4.94. The number of benzene rings is 1. The van der Waals surface area contributed by atoms with E-state index in [0.29, 0.717) is 5.56 Å². The third-order valence-corrected chi connectivity index (χ3v) is 1.13. The molecule has 0 spiro atoms. The fraction of sp³-hybridized carbons (Fsp3) is 0. The van der Waals surface area contributed by atoms with Crippen LogP contribution in [-0.4, -0.2) is 46.1 Å². The topological polar surface area (TPSA) is 52.8 Å². The van der Waals surface area contributed by atoms with Crippen LogP contribution in [0.5, 0.6) is 5.75 Å². The van der Waals surface area contributed by atoms with Crippen molar-refractivity contribution in [2.75, 3.05) is 0 Å². The van der Waals surface area contributed by atoms with Crippen LogP contribution < -0.4 is 0 Å². The standard InChI is InChI=1S/C7H7NO2.Na/c9-7-4-2-1-3-6(7)5-8-10;/h1-5,9-10H;. The Morgan fingerprint density at radius 2 is 1.91 bits per heavy atom. The number of oxime groups is 1. The molecule has 2 N–H and O–H groups in total. The molecule has 11 heavy (non-hydrogen) atoms. The summed E-state index contributed by atoms with van der Waals surface area (Å²) in [5, 5.41) is 19.9. The van der Waals surface area contributed by atoms with Crippen LogP contribution in [-0.2, 0) is 0 Å². The Bertz CT molecular complexity index is 250. The first kappa shape index (κ1) is 10.5. The molecule has 1 radical (unpaired) electrons. The van der Waals surface area contributed by atoms with Gasteiger partial charge in [-0.25, -0.2) is 0 Å². The van der Waals surface area contributed by atoms with Crippen LogP contribution in [0.15, 0.2) is 29.4 Å². The third kappa shape index (κ3) is 2.93. The Morgan fingerprint density at radius 3 is 2.45 bits per heavy atom. The first-order valence-electron chi connectivity index (χ1n) is 2.80. The van der Waals surface area contributed by atoms with Gasteiger partial charge >= 0.3 is 0 Å². The zero-order valence-corrected chi connectivity index (χ0v) is 8.23. The molecule has 0 unspecified atom stereocenters.